The molecule has 1 fully saturated rings. The van der Waals surface area contributed by atoms with Gasteiger partial charge in [0.15, 0.2) is 10.2 Å². The molecular weight excluding hydrogens is 458 g/mol. The van der Waals surface area contributed by atoms with E-state index in [1.807, 2.05) is 30.5 Å². The first-order chi connectivity index (χ1) is 16.5. The SMILES string of the molecule is Cc1ccc(Sc2ccc([C@H]3[C@H](c4ccccn4)NC(=S)N3c3ccc(C(C)C)cc3)o2)cc1. The Morgan fingerprint density at radius 3 is 2.41 bits per heavy atom. The third kappa shape index (κ3) is 4.61. The van der Waals surface area contributed by atoms with Crippen LogP contribution in [0.1, 0.15) is 54.4 Å². The molecule has 6 heteroatoms. The monoisotopic (exact) mass is 485 g/mol. The van der Waals surface area contributed by atoms with Gasteiger partial charge in [0.2, 0.25) is 0 Å². The highest BCUT2D eigenvalue weighted by molar-refractivity contribution is 7.99. The Morgan fingerprint density at radius 1 is 0.971 bits per heavy atom. The summed E-state index contributed by atoms with van der Waals surface area (Å²) in [5.41, 5.74) is 4.51. The maximum absolute atomic E-state index is 6.41. The minimum Gasteiger partial charge on any atom is -0.452 e. The molecule has 4 nitrogen and oxygen atoms in total. The predicted octanol–water partition coefficient (Wildman–Crippen LogP) is 7.43. The van der Waals surface area contributed by atoms with Crippen molar-refractivity contribution in [3.63, 3.8) is 0 Å². The van der Waals surface area contributed by atoms with Gasteiger partial charge in [-0.2, -0.15) is 0 Å². The molecular formula is C28H27N3OS2. The molecule has 4 aromatic rings. The predicted molar refractivity (Wildman–Crippen MR) is 142 cm³/mol. The van der Waals surface area contributed by atoms with Crippen LogP contribution < -0.4 is 10.2 Å². The van der Waals surface area contributed by atoms with E-state index in [4.69, 9.17) is 16.6 Å². The fourth-order valence-corrected chi connectivity index (χ4v) is 5.34. The molecule has 1 saturated heterocycles. The lowest BCUT2D eigenvalue weighted by atomic mass is 10.0. The van der Waals surface area contributed by atoms with E-state index in [1.165, 1.54) is 11.1 Å². The van der Waals surface area contributed by atoms with E-state index >= 15 is 0 Å². The van der Waals surface area contributed by atoms with Gasteiger partial charge >= 0.3 is 0 Å². The Labute approximate surface area is 210 Å². The van der Waals surface area contributed by atoms with Crippen molar-refractivity contribution >= 4 is 34.8 Å². The zero-order chi connectivity index (χ0) is 23.7. The van der Waals surface area contributed by atoms with Gasteiger partial charge in [-0.3, -0.25) is 4.98 Å². The van der Waals surface area contributed by atoms with Crippen LogP contribution in [0.25, 0.3) is 0 Å². The lowest BCUT2D eigenvalue weighted by molar-refractivity contribution is 0.383. The maximum atomic E-state index is 6.41. The smallest absolute Gasteiger partial charge is 0.174 e. The summed E-state index contributed by atoms with van der Waals surface area (Å²) >= 11 is 7.45. The molecule has 2 atom stereocenters. The van der Waals surface area contributed by atoms with Crippen molar-refractivity contribution in [2.75, 3.05) is 4.90 Å². The average molecular weight is 486 g/mol. The number of benzene rings is 2. The van der Waals surface area contributed by atoms with Crippen molar-refractivity contribution < 1.29 is 4.42 Å². The summed E-state index contributed by atoms with van der Waals surface area (Å²) in [4.78, 5) is 7.92. The highest BCUT2D eigenvalue weighted by Crippen LogP contribution is 2.43. The summed E-state index contributed by atoms with van der Waals surface area (Å²) in [5.74, 6) is 1.33. The van der Waals surface area contributed by atoms with Gasteiger partial charge in [0, 0.05) is 16.8 Å². The van der Waals surface area contributed by atoms with Crippen LogP contribution in [0.15, 0.2) is 99.5 Å². The van der Waals surface area contributed by atoms with Gasteiger partial charge in [-0.05, 0) is 79.2 Å². The van der Waals surface area contributed by atoms with E-state index in [1.54, 1.807) is 11.8 Å². The molecule has 1 N–H and O–H groups in total. The van der Waals surface area contributed by atoms with E-state index in [0.29, 0.717) is 11.0 Å². The molecule has 1 aliphatic heterocycles. The van der Waals surface area contributed by atoms with Gasteiger partial charge in [0.05, 0.1) is 11.7 Å². The normalized spacial score (nSPS) is 17.9. The lowest BCUT2D eigenvalue weighted by Crippen LogP contribution is -2.29. The second kappa shape index (κ2) is 9.65. The van der Waals surface area contributed by atoms with Crippen molar-refractivity contribution in [1.29, 1.82) is 0 Å². The van der Waals surface area contributed by atoms with Gasteiger partial charge < -0.3 is 14.6 Å². The second-order valence-corrected chi connectivity index (χ2v) is 10.3. The minimum atomic E-state index is -0.153. The summed E-state index contributed by atoms with van der Waals surface area (Å²) in [6.07, 6.45) is 1.82. The molecule has 2 aromatic heterocycles. The first-order valence-corrected chi connectivity index (χ1v) is 12.7. The number of furan rings is 1. The zero-order valence-corrected chi connectivity index (χ0v) is 21.1. The number of pyridine rings is 1. The lowest BCUT2D eigenvalue weighted by Gasteiger charge is -2.26. The van der Waals surface area contributed by atoms with Gasteiger partial charge in [-0.15, -0.1) is 0 Å². The summed E-state index contributed by atoms with van der Waals surface area (Å²) in [7, 11) is 0. The Morgan fingerprint density at radius 2 is 1.74 bits per heavy atom. The van der Waals surface area contributed by atoms with E-state index in [-0.39, 0.29) is 12.1 Å². The third-order valence-electron chi connectivity index (χ3n) is 6.07. The third-order valence-corrected chi connectivity index (χ3v) is 7.31. The molecule has 0 saturated carbocycles. The Balaban J connectivity index is 1.51. The van der Waals surface area contributed by atoms with Crippen LogP contribution >= 0.6 is 24.0 Å². The highest BCUT2D eigenvalue weighted by atomic mass is 32.2. The number of anilines is 1. The average Bonchev–Trinajstić information content (AvgIpc) is 3.45. The topological polar surface area (TPSA) is 41.3 Å². The van der Waals surface area contributed by atoms with E-state index in [2.05, 4.69) is 90.6 Å². The van der Waals surface area contributed by atoms with Crippen molar-refractivity contribution in [2.45, 2.75) is 48.8 Å². The quantitative estimate of drug-likeness (QED) is 0.286. The van der Waals surface area contributed by atoms with Crippen molar-refractivity contribution in [3.05, 3.63) is 108 Å². The summed E-state index contributed by atoms with van der Waals surface area (Å²) in [6, 6.07) is 26.9. The number of nitrogens with one attached hydrogen (secondary N) is 1. The van der Waals surface area contributed by atoms with Crippen LogP contribution in [0.3, 0.4) is 0 Å². The second-order valence-electron chi connectivity index (χ2n) is 8.81. The van der Waals surface area contributed by atoms with E-state index in [0.717, 1.165) is 27.1 Å². The fourth-order valence-electron chi connectivity index (χ4n) is 4.21. The molecule has 0 radical (unpaired) electrons. The molecule has 2 aromatic carbocycles. The largest absolute Gasteiger partial charge is 0.452 e. The summed E-state index contributed by atoms with van der Waals surface area (Å²) in [6.45, 7) is 6.50. The molecule has 0 amide bonds. The molecule has 3 heterocycles. The maximum Gasteiger partial charge on any atom is 0.174 e. The zero-order valence-electron chi connectivity index (χ0n) is 19.4. The Hall–Kier alpha value is -3.09. The van der Waals surface area contributed by atoms with Crippen LogP contribution in [0, 0.1) is 6.92 Å². The van der Waals surface area contributed by atoms with Gasteiger partial charge in [-0.1, -0.05) is 61.5 Å². The van der Waals surface area contributed by atoms with Crippen molar-refractivity contribution in [1.82, 2.24) is 10.3 Å². The Bertz CT molecular complexity index is 1270. The molecule has 0 unspecified atom stereocenters. The molecule has 0 spiro atoms. The Kier molecular flexibility index (Phi) is 6.44. The standard InChI is InChI=1S/C28H27N3OS2/c1-18(2)20-9-11-21(12-10-20)31-27(26(30-28(31)33)23-6-4-5-17-29-23)24-15-16-25(32-24)34-22-13-7-19(3)8-14-22/h4-18,26-27H,1-3H3,(H,30,33)/t26-,27-/m0/s1. The molecule has 5 rings (SSSR count). The number of aryl methyl sites for hydroxylation is 1. The van der Waals surface area contributed by atoms with Crippen molar-refractivity contribution in [3.8, 4) is 0 Å². The number of thiocarbonyl (C=S) groups is 1. The van der Waals surface area contributed by atoms with E-state index < -0.39 is 0 Å². The van der Waals surface area contributed by atoms with Crippen LogP contribution in [0.2, 0.25) is 0 Å². The number of aromatic nitrogens is 1. The molecule has 0 aliphatic carbocycles. The number of nitrogens with zero attached hydrogens (tertiary/aromatic N) is 2. The first-order valence-electron chi connectivity index (χ1n) is 11.4. The number of rotatable bonds is 6. The van der Waals surface area contributed by atoms with Crippen LogP contribution in [0.5, 0.6) is 0 Å². The number of hydrogen-bond donors (Lipinski definition) is 1. The van der Waals surface area contributed by atoms with Gasteiger partial charge in [-0.25, -0.2) is 0 Å². The highest BCUT2D eigenvalue weighted by Gasteiger charge is 2.42. The number of hydrogen-bond acceptors (Lipinski definition) is 4. The van der Waals surface area contributed by atoms with E-state index in [9.17, 15) is 0 Å². The summed E-state index contributed by atoms with van der Waals surface area (Å²) in [5, 5.41) is 5.02. The van der Waals surface area contributed by atoms with Crippen LogP contribution in [0.4, 0.5) is 5.69 Å². The van der Waals surface area contributed by atoms with Gasteiger partial charge in [0.25, 0.3) is 0 Å². The van der Waals surface area contributed by atoms with Crippen molar-refractivity contribution in [2.24, 2.45) is 0 Å². The van der Waals surface area contributed by atoms with Gasteiger partial charge in [0.1, 0.15) is 11.8 Å². The fraction of sp³-hybridized carbons (Fsp3) is 0.214. The molecule has 0 bridgehead atoms. The van der Waals surface area contributed by atoms with Crippen LogP contribution in [-0.4, -0.2) is 10.1 Å². The molecule has 172 valence electrons. The molecule has 34 heavy (non-hydrogen) atoms. The summed E-state index contributed by atoms with van der Waals surface area (Å²) < 4.78 is 6.41. The minimum absolute atomic E-state index is 0.123. The first kappa shape index (κ1) is 22.7. The molecule has 1 aliphatic rings. The van der Waals surface area contributed by atoms with Crippen LogP contribution in [-0.2, 0) is 0 Å².